The molecule has 0 saturated heterocycles. The van der Waals surface area contributed by atoms with Crippen molar-refractivity contribution in [3.8, 4) is 0 Å². The van der Waals surface area contributed by atoms with Gasteiger partial charge in [-0.15, -0.1) is 0 Å². The molecule has 0 radical (unpaired) electrons. The molecule has 10 heteroatoms. The van der Waals surface area contributed by atoms with E-state index in [0.717, 1.165) is 4.57 Å². The number of aromatic carboxylic acids is 1. The molecule has 3 rings (SSSR count). The minimum atomic E-state index is -4.72. The molecule has 0 fully saturated rings. The lowest BCUT2D eigenvalue weighted by molar-refractivity contribution is -0.146. The summed E-state index contributed by atoms with van der Waals surface area (Å²) in [5.41, 5.74) is -1.69. The molecule has 1 aromatic carbocycles. The van der Waals surface area contributed by atoms with Crippen molar-refractivity contribution < 1.29 is 27.9 Å². The van der Waals surface area contributed by atoms with Gasteiger partial charge < -0.3 is 15.0 Å². The van der Waals surface area contributed by atoms with Gasteiger partial charge in [0.15, 0.2) is 0 Å². The number of aliphatic imine (C=N–C) groups is 1. The third-order valence-electron chi connectivity index (χ3n) is 4.93. The van der Waals surface area contributed by atoms with Crippen molar-refractivity contribution in [2.45, 2.75) is 32.5 Å². The van der Waals surface area contributed by atoms with Gasteiger partial charge in [-0.3, -0.25) is 9.79 Å². The van der Waals surface area contributed by atoms with Crippen molar-refractivity contribution in [2.24, 2.45) is 18.0 Å². The highest BCUT2D eigenvalue weighted by molar-refractivity contribution is 6.22. The minimum absolute atomic E-state index is 0.0809. The molecular weight excluding hydrogens is 365 g/mol. The van der Waals surface area contributed by atoms with Gasteiger partial charge in [0, 0.05) is 7.05 Å². The highest BCUT2D eigenvalue weighted by Gasteiger charge is 2.44. The van der Waals surface area contributed by atoms with Crippen LogP contribution in [0.5, 0.6) is 0 Å². The third-order valence-corrected chi connectivity index (χ3v) is 4.93. The standard InChI is InChI=1S/C17H17F3N4O3/c1-7(2)16(3)15(27)22-12(23-16)10-8(13(25)26)5-6-9-11(10)21-14(24(9)4)17(18,19)20/h5-7H,1-4H3,(H,25,26)(H,22,23,27). The van der Waals surface area contributed by atoms with Crippen molar-refractivity contribution in [3.63, 3.8) is 0 Å². The Kier molecular flexibility index (Phi) is 4.05. The van der Waals surface area contributed by atoms with E-state index in [1.54, 1.807) is 20.8 Å². The molecular formula is C17H17F3N4O3. The number of carboxylic acid groups (broad SMARTS) is 1. The Bertz CT molecular complexity index is 1010. The number of benzene rings is 1. The third kappa shape index (κ3) is 2.75. The van der Waals surface area contributed by atoms with Crippen molar-refractivity contribution >= 4 is 28.7 Å². The summed E-state index contributed by atoms with van der Waals surface area (Å²) in [7, 11) is 1.19. The fourth-order valence-corrected chi connectivity index (χ4v) is 2.99. The van der Waals surface area contributed by atoms with Crippen LogP contribution in [0.2, 0.25) is 0 Å². The first kappa shape index (κ1) is 18.9. The number of carboxylic acids is 1. The van der Waals surface area contributed by atoms with Gasteiger partial charge in [-0.1, -0.05) is 13.8 Å². The lowest BCUT2D eigenvalue weighted by atomic mass is 9.89. The molecule has 2 aromatic rings. The van der Waals surface area contributed by atoms with Crippen molar-refractivity contribution in [1.82, 2.24) is 14.9 Å². The minimum Gasteiger partial charge on any atom is -0.478 e. The van der Waals surface area contributed by atoms with E-state index >= 15 is 0 Å². The number of carbonyl (C=O) groups is 2. The highest BCUT2D eigenvalue weighted by Crippen LogP contribution is 2.34. The number of aryl methyl sites for hydroxylation is 1. The van der Waals surface area contributed by atoms with Gasteiger partial charge in [-0.2, -0.15) is 13.2 Å². The first-order chi connectivity index (χ1) is 12.4. The number of aromatic nitrogens is 2. The maximum atomic E-state index is 13.2. The molecule has 1 aliphatic rings. The number of halogens is 3. The molecule has 1 atom stereocenters. The van der Waals surface area contributed by atoms with Crippen LogP contribution in [-0.2, 0) is 18.0 Å². The van der Waals surface area contributed by atoms with Gasteiger partial charge >= 0.3 is 12.1 Å². The zero-order chi connectivity index (χ0) is 20.3. The Balaban J connectivity index is 2.36. The van der Waals surface area contributed by atoms with Gasteiger partial charge in [-0.05, 0) is 25.0 Å². The van der Waals surface area contributed by atoms with Crippen molar-refractivity contribution in [1.29, 1.82) is 0 Å². The Morgan fingerprint density at radius 3 is 2.44 bits per heavy atom. The van der Waals surface area contributed by atoms with Gasteiger partial charge in [-0.25, -0.2) is 9.78 Å². The number of hydrogen-bond donors (Lipinski definition) is 2. The van der Waals surface area contributed by atoms with Crippen LogP contribution in [0.15, 0.2) is 17.1 Å². The number of hydrogen-bond acceptors (Lipinski definition) is 4. The molecule has 2 N–H and O–H groups in total. The summed E-state index contributed by atoms with van der Waals surface area (Å²) in [5.74, 6) is -3.28. The van der Waals surface area contributed by atoms with Crippen LogP contribution in [0, 0.1) is 5.92 Å². The van der Waals surface area contributed by atoms with Gasteiger partial charge in [0.1, 0.15) is 16.9 Å². The molecule has 0 aliphatic carbocycles. The van der Waals surface area contributed by atoms with Gasteiger partial charge in [0.2, 0.25) is 5.82 Å². The average molecular weight is 382 g/mol. The van der Waals surface area contributed by atoms with E-state index in [4.69, 9.17) is 0 Å². The summed E-state index contributed by atoms with van der Waals surface area (Å²) < 4.78 is 40.6. The first-order valence-electron chi connectivity index (χ1n) is 8.09. The Hall–Kier alpha value is -2.91. The van der Waals surface area contributed by atoms with E-state index in [2.05, 4.69) is 15.3 Å². The summed E-state index contributed by atoms with van der Waals surface area (Å²) in [6.07, 6.45) is -4.72. The van der Waals surface area contributed by atoms with Crippen LogP contribution in [0.1, 0.15) is 42.5 Å². The number of rotatable bonds is 3. The Labute approximate surface area is 151 Å². The van der Waals surface area contributed by atoms with E-state index in [9.17, 15) is 27.9 Å². The van der Waals surface area contributed by atoms with Crippen LogP contribution in [0.4, 0.5) is 13.2 Å². The first-order valence-corrected chi connectivity index (χ1v) is 8.09. The lowest BCUT2D eigenvalue weighted by Gasteiger charge is -2.21. The molecule has 1 aromatic heterocycles. The number of nitrogens with one attached hydrogen (secondary N) is 1. The second-order valence-electron chi connectivity index (χ2n) is 6.87. The van der Waals surface area contributed by atoms with Crippen molar-refractivity contribution in [2.75, 3.05) is 0 Å². The van der Waals surface area contributed by atoms with E-state index in [1.165, 1.54) is 19.2 Å². The normalized spacial score (nSPS) is 20.3. The van der Waals surface area contributed by atoms with E-state index < -0.39 is 29.4 Å². The summed E-state index contributed by atoms with van der Waals surface area (Å²) in [6, 6.07) is 2.44. The molecule has 1 unspecified atom stereocenters. The van der Waals surface area contributed by atoms with Crippen molar-refractivity contribution in [3.05, 3.63) is 29.1 Å². The molecule has 0 saturated carbocycles. The number of amides is 1. The maximum Gasteiger partial charge on any atom is 0.449 e. The highest BCUT2D eigenvalue weighted by atomic mass is 19.4. The summed E-state index contributed by atoms with van der Waals surface area (Å²) >= 11 is 0. The van der Waals surface area contributed by atoms with Crippen LogP contribution >= 0.6 is 0 Å². The van der Waals surface area contributed by atoms with Crippen LogP contribution in [-0.4, -0.2) is 37.9 Å². The largest absolute Gasteiger partial charge is 0.478 e. The fraction of sp³-hybridized carbons (Fsp3) is 0.412. The van der Waals surface area contributed by atoms with E-state index in [0.29, 0.717) is 0 Å². The van der Waals surface area contributed by atoms with Gasteiger partial charge in [0.25, 0.3) is 5.91 Å². The SMILES string of the molecule is CC(C)C1(C)N=C(c2c(C(=O)O)ccc3c2nc(C(F)(F)F)n3C)NC1=O. The van der Waals surface area contributed by atoms with Gasteiger partial charge in [0.05, 0.1) is 16.6 Å². The second kappa shape index (κ2) is 5.80. The summed E-state index contributed by atoms with van der Waals surface area (Å²) in [5, 5.41) is 12.0. The molecule has 144 valence electrons. The monoisotopic (exact) mass is 382 g/mol. The summed E-state index contributed by atoms with van der Waals surface area (Å²) in [6.45, 7) is 5.13. The molecule has 1 aliphatic heterocycles. The number of imidazole rings is 1. The Morgan fingerprint density at radius 2 is 1.96 bits per heavy atom. The average Bonchev–Trinajstić information content (AvgIpc) is 3.05. The zero-order valence-corrected chi connectivity index (χ0v) is 15.0. The predicted molar refractivity (Wildman–Crippen MR) is 90.6 cm³/mol. The van der Waals surface area contributed by atoms with Crippen LogP contribution in [0.3, 0.4) is 0 Å². The maximum absolute atomic E-state index is 13.2. The second-order valence-corrected chi connectivity index (χ2v) is 6.87. The Morgan fingerprint density at radius 1 is 1.33 bits per heavy atom. The van der Waals surface area contributed by atoms with E-state index in [1.807, 2.05) is 0 Å². The molecule has 1 amide bonds. The lowest BCUT2D eigenvalue weighted by Crippen LogP contribution is -2.41. The molecule has 0 spiro atoms. The quantitative estimate of drug-likeness (QED) is 0.853. The van der Waals surface area contributed by atoms with E-state index in [-0.39, 0.29) is 33.9 Å². The van der Waals surface area contributed by atoms with Crippen LogP contribution in [0.25, 0.3) is 11.0 Å². The molecule has 2 heterocycles. The molecule has 27 heavy (non-hydrogen) atoms. The number of amidine groups is 1. The summed E-state index contributed by atoms with van der Waals surface area (Å²) in [4.78, 5) is 32.0. The topological polar surface area (TPSA) is 96.6 Å². The number of fused-ring (bicyclic) bond motifs is 1. The number of carbonyl (C=O) groups excluding carboxylic acids is 1. The molecule has 7 nitrogen and oxygen atoms in total. The zero-order valence-electron chi connectivity index (χ0n) is 15.0. The predicted octanol–water partition coefficient (Wildman–Crippen LogP) is 2.58. The van der Waals surface area contributed by atoms with Crippen LogP contribution < -0.4 is 5.32 Å². The number of nitrogens with zero attached hydrogens (tertiary/aromatic N) is 3. The molecule has 0 bridgehead atoms. The number of alkyl halides is 3. The fourth-order valence-electron chi connectivity index (χ4n) is 2.99. The smallest absolute Gasteiger partial charge is 0.449 e.